The fourth-order valence-electron chi connectivity index (χ4n) is 1.99. The molecule has 0 fully saturated rings. The number of aromatic nitrogens is 2. The summed E-state index contributed by atoms with van der Waals surface area (Å²) in [5.41, 5.74) is 1.01. The minimum Gasteiger partial charge on any atom is -0.366 e. The van der Waals surface area contributed by atoms with Gasteiger partial charge in [0.05, 0.1) is 10.2 Å². The van der Waals surface area contributed by atoms with Gasteiger partial charge in [0, 0.05) is 10.9 Å². The van der Waals surface area contributed by atoms with E-state index in [1.807, 2.05) is 0 Å². The van der Waals surface area contributed by atoms with Crippen molar-refractivity contribution in [1.82, 2.24) is 9.97 Å². The van der Waals surface area contributed by atoms with Crippen LogP contribution in [0.1, 0.15) is 37.4 Å². The van der Waals surface area contributed by atoms with E-state index < -0.39 is 0 Å². The number of fused-ring (bicyclic) bond motifs is 1. The molecule has 1 atom stereocenters. The van der Waals surface area contributed by atoms with Crippen LogP contribution in [0.4, 0.5) is 5.82 Å². The largest absolute Gasteiger partial charge is 0.366 e. The quantitative estimate of drug-likeness (QED) is 0.874. The normalized spacial score (nSPS) is 12.6. The van der Waals surface area contributed by atoms with Gasteiger partial charge < -0.3 is 5.32 Å². The van der Waals surface area contributed by atoms with Gasteiger partial charge >= 0.3 is 0 Å². The van der Waals surface area contributed by atoms with Crippen molar-refractivity contribution in [3.8, 4) is 0 Å². The van der Waals surface area contributed by atoms with Gasteiger partial charge in [0.25, 0.3) is 0 Å². The summed E-state index contributed by atoms with van der Waals surface area (Å²) in [6, 6.07) is 2.53. The average molecular weight is 261 g/mol. The summed E-state index contributed by atoms with van der Waals surface area (Å²) >= 11 is 1.74. The summed E-state index contributed by atoms with van der Waals surface area (Å²) in [5, 5.41) is 3.49. The number of nitrogens with one attached hydrogen (secondary N) is 1. The van der Waals surface area contributed by atoms with Crippen molar-refractivity contribution in [2.75, 3.05) is 5.32 Å². The number of nitrogens with zero attached hydrogens (tertiary/aromatic N) is 2. The Morgan fingerprint density at radius 2 is 2.28 bits per heavy atom. The van der Waals surface area contributed by atoms with Gasteiger partial charge in [-0.25, -0.2) is 9.97 Å². The molecule has 4 heteroatoms. The summed E-state index contributed by atoms with van der Waals surface area (Å²) in [6.45, 7) is 10.2. The highest BCUT2D eigenvalue weighted by molar-refractivity contribution is 7.19. The van der Waals surface area contributed by atoms with E-state index in [0.717, 1.165) is 22.5 Å². The highest BCUT2D eigenvalue weighted by Crippen LogP contribution is 2.30. The molecule has 18 heavy (non-hydrogen) atoms. The van der Waals surface area contributed by atoms with Gasteiger partial charge in [0.2, 0.25) is 0 Å². The van der Waals surface area contributed by atoms with E-state index in [1.165, 1.54) is 11.3 Å². The van der Waals surface area contributed by atoms with Gasteiger partial charge in [-0.05, 0) is 32.4 Å². The van der Waals surface area contributed by atoms with Crippen LogP contribution in [0.5, 0.6) is 0 Å². The van der Waals surface area contributed by atoms with Crippen LogP contribution in [-0.4, -0.2) is 16.0 Å². The first-order valence-electron chi connectivity index (χ1n) is 6.31. The summed E-state index contributed by atoms with van der Waals surface area (Å²) in [5.74, 6) is 1.63. The maximum atomic E-state index is 4.53. The van der Waals surface area contributed by atoms with Crippen LogP contribution in [-0.2, 0) is 0 Å². The van der Waals surface area contributed by atoms with Crippen LogP contribution in [0.2, 0.25) is 0 Å². The van der Waals surface area contributed by atoms with Crippen molar-refractivity contribution in [3.05, 3.63) is 23.3 Å². The molecule has 0 bridgehead atoms. The molecule has 2 heterocycles. The van der Waals surface area contributed by atoms with E-state index in [4.69, 9.17) is 0 Å². The molecule has 2 aromatic heterocycles. The van der Waals surface area contributed by atoms with E-state index in [2.05, 4.69) is 48.7 Å². The Hall–Kier alpha value is -1.42. The first kappa shape index (κ1) is 13.0. The number of anilines is 1. The molecule has 2 rings (SSSR count). The first-order chi connectivity index (χ1) is 8.63. The fraction of sp³-hybridized carbons (Fsp3) is 0.429. The molecule has 0 aliphatic carbocycles. The first-order valence-corrected chi connectivity index (χ1v) is 7.12. The Balaban J connectivity index is 2.43. The predicted octanol–water partition coefficient (Wildman–Crippen LogP) is 4.24. The number of thiophene rings is 1. The zero-order valence-corrected chi connectivity index (χ0v) is 12.0. The monoisotopic (exact) mass is 261 g/mol. The second-order valence-electron chi connectivity index (χ2n) is 4.54. The maximum Gasteiger partial charge on any atom is 0.154 e. The third-order valence-corrected chi connectivity index (χ3v) is 3.85. The molecule has 0 saturated heterocycles. The second-order valence-corrected chi connectivity index (χ2v) is 5.80. The van der Waals surface area contributed by atoms with E-state index in [9.17, 15) is 0 Å². The lowest BCUT2D eigenvalue weighted by molar-refractivity contribution is 0.688. The van der Waals surface area contributed by atoms with Gasteiger partial charge in [0.15, 0.2) is 5.82 Å². The smallest absolute Gasteiger partial charge is 0.154 e. The number of hydrogen-bond donors (Lipinski definition) is 1. The van der Waals surface area contributed by atoms with Crippen molar-refractivity contribution < 1.29 is 0 Å². The third-order valence-electron chi connectivity index (χ3n) is 2.80. The minimum atomic E-state index is 0.424. The molecule has 96 valence electrons. The van der Waals surface area contributed by atoms with Crippen molar-refractivity contribution in [1.29, 1.82) is 0 Å². The van der Waals surface area contributed by atoms with Crippen molar-refractivity contribution in [3.63, 3.8) is 0 Å². The molecule has 0 aliphatic rings. The second kappa shape index (κ2) is 5.48. The average Bonchev–Trinajstić information content (AvgIpc) is 2.69. The van der Waals surface area contributed by atoms with Crippen molar-refractivity contribution in [2.45, 2.75) is 39.7 Å². The Morgan fingerprint density at radius 1 is 1.50 bits per heavy atom. The van der Waals surface area contributed by atoms with Crippen LogP contribution in [0.15, 0.2) is 12.6 Å². The summed E-state index contributed by atoms with van der Waals surface area (Å²) in [7, 11) is 0. The number of hydrogen-bond acceptors (Lipinski definition) is 4. The van der Waals surface area contributed by atoms with Crippen LogP contribution in [0.25, 0.3) is 16.3 Å². The van der Waals surface area contributed by atoms with Crippen molar-refractivity contribution >= 4 is 33.4 Å². The Morgan fingerprint density at radius 3 is 2.94 bits per heavy atom. The molecule has 1 unspecified atom stereocenters. The molecule has 2 aromatic rings. The Bertz CT molecular complexity index is 559. The SMILES string of the molecule is C=Cc1nc(NC(C)CCC)c2sc(C)cc2n1. The lowest BCUT2D eigenvalue weighted by atomic mass is 10.2. The van der Waals surface area contributed by atoms with E-state index in [0.29, 0.717) is 11.9 Å². The third kappa shape index (κ3) is 2.70. The van der Waals surface area contributed by atoms with E-state index >= 15 is 0 Å². The Kier molecular flexibility index (Phi) is 3.97. The fourth-order valence-corrected chi connectivity index (χ4v) is 2.90. The molecular weight excluding hydrogens is 242 g/mol. The number of aryl methyl sites for hydroxylation is 1. The van der Waals surface area contributed by atoms with E-state index in [-0.39, 0.29) is 0 Å². The minimum absolute atomic E-state index is 0.424. The molecule has 0 radical (unpaired) electrons. The molecule has 1 N–H and O–H groups in total. The highest BCUT2D eigenvalue weighted by Gasteiger charge is 2.11. The molecule has 0 aromatic carbocycles. The molecule has 0 amide bonds. The summed E-state index contributed by atoms with van der Waals surface area (Å²) in [6.07, 6.45) is 4.00. The zero-order chi connectivity index (χ0) is 13.1. The topological polar surface area (TPSA) is 37.8 Å². The molecule has 3 nitrogen and oxygen atoms in total. The summed E-state index contributed by atoms with van der Waals surface area (Å²) < 4.78 is 1.14. The van der Waals surface area contributed by atoms with Crippen LogP contribution in [0.3, 0.4) is 0 Å². The van der Waals surface area contributed by atoms with Gasteiger partial charge in [-0.3, -0.25) is 0 Å². The molecule has 0 aliphatic heterocycles. The van der Waals surface area contributed by atoms with Gasteiger partial charge in [-0.15, -0.1) is 11.3 Å². The maximum absolute atomic E-state index is 4.53. The van der Waals surface area contributed by atoms with Gasteiger partial charge in [-0.2, -0.15) is 0 Å². The van der Waals surface area contributed by atoms with Gasteiger partial charge in [-0.1, -0.05) is 19.9 Å². The van der Waals surface area contributed by atoms with E-state index in [1.54, 1.807) is 17.4 Å². The number of rotatable bonds is 5. The van der Waals surface area contributed by atoms with Crippen LogP contribution >= 0.6 is 11.3 Å². The van der Waals surface area contributed by atoms with Crippen LogP contribution in [0, 0.1) is 6.92 Å². The van der Waals surface area contributed by atoms with Crippen molar-refractivity contribution in [2.24, 2.45) is 0 Å². The lowest BCUT2D eigenvalue weighted by Crippen LogP contribution is -2.16. The molecular formula is C14H19N3S. The van der Waals surface area contributed by atoms with Gasteiger partial charge in [0.1, 0.15) is 5.82 Å². The lowest BCUT2D eigenvalue weighted by Gasteiger charge is -2.14. The predicted molar refractivity (Wildman–Crippen MR) is 80.2 cm³/mol. The molecule has 0 saturated carbocycles. The Labute approximate surface area is 112 Å². The molecule has 0 spiro atoms. The zero-order valence-electron chi connectivity index (χ0n) is 11.2. The summed E-state index contributed by atoms with van der Waals surface area (Å²) in [4.78, 5) is 10.3. The van der Waals surface area contributed by atoms with Crippen LogP contribution < -0.4 is 5.32 Å². The highest BCUT2D eigenvalue weighted by atomic mass is 32.1. The standard InChI is InChI=1S/C14H19N3S/c1-5-7-9(3)15-14-13-11(8-10(4)18-13)16-12(6-2)17-14/h6,8-9H,2,5,7H2,1,3-4H3,(H,15,16,17).